The number of hydrogen-bond donors (Lipinski definition) is 1. The summed E-state index contributed by atoms with van der Waals surface area (Å²) in [6.45, 7) is 9.98. The molecule has 0 unspecified atom stereocenters. The summed E-state index contributed by atoms with van der Waals surface area (Å²) in [5.74, 6) is -0.0412. The number of aryl methyl sites for hydroxylation is 4. The van der Waals surface area contributed by atoms with Gasteiger partial charge in [0.2, 0.25) is 0 Å². The third-order valence-corrected chi connectivity index (χ3v) is 5.97. The Hall–Kier alpha value is -3.95. The van der Waals surface area contributed by atoms with E-state index >= 15 is 0 Å². The molecule has 0 saturated heterocycles. The standard InChI is InChI=1S/C24H27FN6O3/c1-13-20(15(3)30(6)27-13)11-31-16(4)22(14(2)28-31)26-24(32)23-21(17(5)34-29-23)12-33-19-9-7-8-18(25)10-19/h7-10H,11-12H2,1-6H3,(H,26,32). The average molecular weight is 467 g/mol. The van der Waals surface area contributed by atoms with E-state index in [2.05, 4.69) is 20.7 Å². The highest BCUT2D eigenvalue weighted by Crippen LogP contribution is 2.24. The molecule has 0 radical (unpaired) electrons. The van der Waals surface area contributed by atoms with Crippen molar-refractivity contribution in [2.24, 2.45) is 7.05 Å². The van der Waals surface area contributed by atoms with E-state index in [1.165, 1.54) is 12.1 Å². The molecule has 0 saturated carbocycles. The van der Waals surface area contributed by atoms with Crippen LogP contribution in [0, 0.1) is 40.4 Å². The van der Waals surface area contributed by atoms with Crippen molar-refractivity contribution < 1.29 is 18.4 Å². The minimum Gasteiger partial charge on any atom is -0.489 e. The molecule has 178 valence electrons. The van der Waals surface area contributed by atoms with E-state index in [-0.39, 0.29) is 12.3 Å². The van der Waals surface area contributed by atoms with Gasteiger partial charge in [0, 0.05) is 24.4 Å². The fourth-order valence-corrected chi connectivity index (χ4v) is 3.85. The third kappa shape index (κ3) is 4.43. The Morgan fingerprint density at radius 2 is 1.85 bits per heavy atom. The van der Waals surface area contributed by atoms with Crippen molar-refractivity contribution in [1.29, 1.82) is 0 Å². The number of halogens is 1. The van der Waals surface area contributed by atoms with Gasteiger partial charge >= 0.3 is 0 Å². The van der Waals surface area contributed by atoms with E-state index in [0.717, 1.165) is 22.6 Å². The number of benzene rings is 1. The molecule has 0 fully saturated rings. The van der Waals surface area contributed by atoms with Gasteiger partial charge in [-0.15, -0.1) is 0 Å². The Morgan fingerprint density at radius 1 is 1.09 bits per heavy atom. The summed E-state index contributed by atoms with van der Waals surface area (Å²) in [6, 6.07) is 5.79. The number of nitrogens with zero attached hydrogens (tertiary/aromatic N) is 5. The molecule has 3 heterocycles. The highest BCUT2D eigenvalue weighted by Gasteiger charge is 2.23. The number of anilines is 1. The van der Waals surface area contributed by atoms with Crippen LogP contribution in [0.5, 0.6) is 5.75 Å². The van der Waals surface area contributed by atoms with Crippen molar-refractivity contribution in [3.63, 3.8) is 0 Å². The lowest BCUT2D eigenvalue weighted by molar-refractivity contribution is 0.101. The van der Waals surface area contributed by atoms with Crippen molar-refractivity contribution >= 4 is 11.6 Å². The van der Waals surface area contributed by atoms with Crippen molar-refractivity contribution in [3.8, 4) is 5.75 Å². The van der Waals surface area contributed by atoms with Crippen LogP contribution in [0.2, 0.25) is 0 Å². The van der Waals surface area contributed by atoms with Crippen molar-refractivity contribution in [1.82, 2.24) is 24.7 Å². The van der Waals surface area contributed by atoms with Gasteiger partial charge in [0.15, 0.2) is 5.69 Å². The average Bonchev–Trinajstić information content (AvgIpc) is 3.37. The van der Waals surface area contributed by atoms with E-state index < -0.39 is 11.7 Å². The molecule has 4 aromatic rings. The molecule has 0 bridgehead atoms. The monoisotopic (exact) mass is 466 g/mol. The maximum atomic E-state index is 13.4. The first-order valence-electron chi connectivity index (χ1n) is 10.8. The molecule has 1 N–H and O–H groups in total. The lowest BCUT2D eigenvalue weighted by Crippen LogP contribution is -2.16. The fourth-order valence-electron chi connectivity index (χ4n) is 3.85. The number of carbonyl (C=O) groups excluding carboxylic acids is 1. The summed E-state index contributed by atoms with van der Waals surface area (Å²) in [5, 5.41) is 15.9. The molecule has 9 nitrogen and oxygen atoms in total. The smallest absolute Gasteiger partial charge is 0.278 e. The molecular formula is C24H27FN6O3. The van der Waals surface area contributed by atoms with Crippen molar-refractivity contribution in [2.45, 2.75) is 47.8 Å². The van der Waals surface area contributed by atoms with Crippen LogP contribution in [0.1, 0.15) is 50.2 Å². The zero-order valence-electron chi connectivity index (χ0n) is 20.1. The van der Waals surface area contributed by atoms with Crippen LogP contribution in [0.15, 0.2) is 28.8 Å². The first-order valence-corrected chi connectivity index (χ1v) is 10.8. The Bertz CT molecular complexity index is 1370. The van der Waals surface area contributed by atoms with Gasteiger partial charge in [-0.1, -0.05) is 11.2 Å². The Kier molecular flexibility index (Phi) is 6.23. The maximum absolute atomic E-state index is 13.4. The zero-order chi connectivity index (χ0) is 24.6. The Morgan fingerprint density at radius 3 is 2.53 bits per heavy atom. The quantitative estimate of drug-likeness (QED) is 0.439. The first kappa shape index (κ1) is 23.2. The fraction of sp³-hybridized carbons (Fsp3) is 0.333. The maximum Gasteiger partial charge on any atom is 0.278 e. The minimum atomic E-state index is -0.436. The van der Waals surface area contributed by atoms with Crippen LogP contribution in [-0.2, 0) is 20.2 Å². The van der Waals surface area contributed by atoms with Gasteiger partial charge in [0.25, 0.3) is 5.91 Å². The van der Waals surface area contributed by atoms with Crippen LogP contribution in [0.3, 0.4) is 0 Å². The number of rotatable bonds is 7. The molecule has 0 aliphatic rings. The van der Waals surface area contributed by atoms with E-state index in [0.29, 0.717) is 35.0 Å². The van der Waals surface area contributed by atoms with Crippen molar-refractivity contribution in [2.75, 3.05) is 5.32 Å². The second-order valence-corrected chi connectivity index (χ2v) is 8.24. The molecule has 4 rings (SSSR count). The van der Waals surface area contributed by atoms with Gasteiger partial charge in [0.05, 0.1) is 34.9 Å². The summed E-state index contributed by atoms with van der Waals surface area (Å²) in [5.41, 5.74) is 5.81. The molecule has 34 heavy (non-hydrogen) atoms. The number of ether oxygens (including phenoxy) is 1. The van der Waals surface area contributed by atoms with E-state index in [9.17, 15) is 9.18 Å². The second-order valence-electron chi connectivity index (χ2n) is 8.24. The van der Waals surface area contributed by atoms with Gasteiger partial charge < -0.3 is 14.6 Å². The molecule has 0 aliphatic carbocycles. The predicted octanol–water partition coefficient (Wildman–Crippen LogP) is 4.17. The van der Waals surface area contributed by atoms with E-state index in [1.54, 1.807) is 19.1 Å². The van der Waals surface area contributed by atoms with Crippen LogP contribution in [0.4, 0.5) is 10.1 Å². The number of aromatic nitrogens is 5. The molecule has 1 aromatic carbocycles. The van der Waals surface area contributed by atoms with Gasteiger partial charge in [-0.2, -0.15) is 10.2 Å². The summed E-state index contributed by atoms with van der Waals surface area (Å²) < 4.78 is 28.0. The minimum absolute atomic E-state index is 0.0122. The van der Waals surface area contributed by atoms with E-state index in [4.69, 9.17) is 9.26 Å². The lowest BCUT2D eigenvalue weighted by atomic mass is 10.2. The zero-order valence-corrected chi connectivity index (χ0v) is 20.1. The van der Waals surface area contributed by atoms with Gasteiger partial charge in [-0.3, -0.25) is 14.2 Å². The molecule has 1 amide bonds. The highest BCUT2D eigenvalue weighted by molar-refractivity contribution is 6.04. The molecule has 0 spiro atoms. The Labute approximate surface area is 196 Å². The van der Waals surface area contributed by atoms with Crippen LogP contribution in [-0.4, -0.2) is 30.6 Å². The van der Waals surface area contributed by atoms with Gasteiger partial charge in [0.1, 0.15) is 23.9 Å². The number of nitrogens with one attached hydrogen (secondary N) is 1. The van der Waals surface area contributed by atoms with Gasteiger partial charge in [-0.25, -0.2) is 4.39 Å². The summed E-state index contributed by atoms with van der Waals surface area (Å²) in [4.78, 5) is 13.1. The lowest BCUT2D eigenvalue weighted by Gasteiger charge is -2.09. The molecule has 3 aromatic heterocycles. The molecule has 10 heteroatoms. The van der Waals surface area contributed by atoms with Gasteiger partial charge in [-0.05, 0) is 46.8 Å². The largest absolute Gasteiger partial charge is 0.489 e. The van der Waals surface area contributed by atoms with Crippen molar-refractivity contribution in [3.05, 3.63) is 75.4 Å². The number of hydrogen-bond acceptors (Lipinski definition) is 6. The van der Waals surface area contributed by atoms with Crippen LogP contribution < -0.4 is 10.1 Å². The molecule has 0 aliphatic heterocycles. The normalized spacial score (nSPS) is 11.1. The third-order valence-electron chi connectivity index (χ3n) is 5.97. The second kappa shape index (κ2) is 9.12. The Balaban J connectivity index is 1.53. The summed E-state index contributed by atoms with van der Waals surface area (Å²) >= 11 is 0. The topological polar surface area (TPSA) is 100 Å². The van der Waals surface area contributed by atoms with Crippen LogP contribution >= 0.6 is 0 Å². The summed E-state index contributed by atoms with van der Waals surface area (Å²) in [6.07, 6.45) is 0. The SMILES string of the molecule is Cc1nn(C)c(C)c1Cn1nc(C)c(NC(=O)c2noc(C)c2COc2cccc(F)c2)c1C. The first-order chi connectivity index (χ1) is 16.2. The number of carbonyl (C=O) groups is 1. The molecular weight excluding hydrogens is 439 g/mol. The highest BCUT2D eigenvalue weighted by atomic mass is 19.1. The predicted molar refractivity (Wildman–Crippen MR) is 123 cm³/mol. The van der Waals surface area contributed by atoms with Crippen LogP contribution in [0.25, 0.3) is 0 Å². The summed E-state index contributed by atoms with van der Waals surface area (Å²) in [7, 11) is 1.91. The number of amides is 1. The molecule has 0 atom stereocenters. The van der Waals surface area contributed by atoms with E-state index in [1.807, 2.05) is 44.1 Å².